The van der Waals surface area contributed by atoms with Gasteiger partial charge in [-0.15, -0.1) is 0 Å². The van der Waals surface area contributed by atoms with E-state index in [0.717, 1.165) is 36.8 Å². The normalized spacial score (nSPS) is 46.5. The summed E-state index contributed by atoms with van der Waals surface area (Å²) in [5, 5.41) is 31.5. The van der Waals surface area contributed by atoms with Gasteiger partial charge in [-0.25, -0.2) is 0 Å². The molecule has 138 valence electrons. The molecule has 2 saturated carbocycles. The van der Waals surface area contributed by atoms with E-state index >= 15 is 0 Å². The number of rotatable bonds is 4. The highest BCUT2D eigenvalue weighted by molar-refractivity contribution is 9.09. The van der Waals surface area contributed by atoms with Crippen LogP contribution in [0.25, 0.3) is 0 Å². The topological polar surface area (TPSA) is 60.7 Å². The van der Waals surface area contributed by atoms with Crippen molar-refractivity contribution in [3.63, 3.8) is 0 Å². The first-order valence-electron chi connectivity index (χ1n) is 9.05. The monoisotopic (exact) mass is 400 g/mol. The SMILES string of the molecule is C=C(C[C@@H]1[C@@H](O)[C@](C)(O)CC[C@H]1C(=C)C)[C@H]1CC[C@@](C)(O)[C@@H](Br)C1. The molecular weight excluding hydrogens is 368 g/mol. The second kappa shape index (κ2) is 7.22. The quantitative estimate of drug-likeness (QED) is 0.494. The van der Waals surface area contributed by atoms with Crippen molar-refractivity contribution in [1.29, 1.82) is 0 Å². The predicted octanol–water partition coefficient (Wildman–Crippen LogP) is 3.96. The Morgan fingerprint density at radius 2 is 1.71 bits per heavy atom. The molecule has 0 aromatic carbocycles. The van der Waals surface area contributed by atoms with Gasteiger partial charge in [-0.1, -0.05) is 40.2 Å². The van der Waals surface area contributed by atoms with Crippen molar-refractivity contribution < 1.29 is 15.3 Å². The van der Waals surface area contributed by atoms with E-state index in [9.17, 15) is 15.3 Å². The molecule has 2 rings (SSSR count). The highest BCUT2D eigenvalue weighted by Gasteiger charge is 2.46. The van der Waals surface area contributed by atoms with Crippen molar-refractivity contribution in [3.05, 3.63) is 24.3 Å². The summed E-state index contributed by atoms with van der Waals surface area (Å²) in [7, 11) is 0. The molecule has 0 unspecified atom stereocenters. The summed E-state index contributed by atoms with van der Waals surface area (Å²) in [4.78, 5) is 0.0665. The molecule has 0 aliphatic heterocycles. The Hall–Kier alpha value is -0.160. The first-order chi connectivity index (χ1) is 11.0. The number of hydrogen-bond acceptors (Lipinski definition) is 3. The molecule has 2 aliphatic rings. The fraction of sp³-hybridized carbons (Fsp3) is 0.800. The van der Waals surface area contributed by atoms with E-state index in [-0.39, 0.29) is 16.7 Å². The Morgan fingerprint density at radius 3 is 2.25 bits per heavy atom. The van der Waals surface area contributed by atoms with Crippen LogP contribution in [0.5, 0.6) is 0 Å². The third-order valence-corrected chi connectivity index (χ3v) is 7.75. The first kappa shape index (κ1) is 20.2. The molecule has 3 nitrogen and oxygen atoms in total. The fourth-order valence-corrected chi connectivity index (χ4v) is 5.12. The van der Waals surface area contributed by atoms with Crippen molar-refractivity contribution in [2.24, 2.45) is 17.8 Å². The molecule has 0 aromatic heterocycles. The molecule has 0 spiro atoms. The maximum Gasteiger partial charge on any atom is 0.0880 e. The fourth-order valence-electron chi connectivity index (χ4n) is 4.44. The van der Waals surface area contributed by atoms with E-state index in [4.69, 9.17) is 0 Å². The predicted molar refractivity (Wildman–Crippen MR) is 102 cm³/mol. The summed E-state index contributed by atoms with van der Waals surface area (Å²) in [5.74, 6) is 0.540. The lowest BCUT2D eigenvalue weighted by molar-refractivity contribution is -0.127. The average Bonchev–Trinajstić information content (AvgIpc) is 2.46. The first-order valence-corrected chi connectivity index (χ1v) is 9.97. The second-order valence-electron chi connectivity index (χ2n) is 8.62. The van der Waals surface area contributed by atoms with Crippen LogP contribution in [0.1, 0.15) is 59.3 Å². The Bertz CT molecular complexity index is 497. The van der Waals surface area contributed by atoms with Gasteiger partial charge in [-0.05, 0) is 77.0 Å². The summed E-state index contributed by atoms with van der Waals surface area (Å²) in [5.41, 5.74) is 0.506. The number of aliphatic hydroxyl groups excluding tert-OH is 1. The van der Waals surface area contributed by atoms with Crippen molar-refractivity contribution in [2.45, 2.75) is 81.4 Å². The average molecular weight is 401 g/mol. The number of hydrogen-bond donors (Lipinski definition) is 3. The zero-order valence-electron chi connectivity index (χ0n) is 15.3. The molecule has 0 amide bonds. The van der Waals surface area contributed by atoms with E-state index in [1.54, 1.807) is 6.92 Å². The lowest BCUT2D eigenvalue weighted by Crippen LogP contribution is -2.51. The van der Waals surface area contributed by atoms with Gasteiger partial charge in [-0.2, -0.15) is 0 Å². The lowest BCUT2D eigenvalue weighted by Gasteiger charge is -2.46. The maximum absolute atomic E-state index is 10.7. The van der Waals surface area contributed by atoms with Crippen LogP contribution in [0.15, 0.2) is 24.3 Å². The van der Waals surface area contributed by atoms with Crippen molar-refractivity contribution in [3.8, 4) is 0 Å². The van der Waals surface area contributed by atoms with Gasteiger partial charge >= 0.3 is 0 Å². The molecule has 0 aromatic rings. The second-order valence-corrected chi connectivity index (χ2v) is 9.72. The largest absolute Gasteiger partial charge is 0.390 e. The minimum Gasteiger partial charge on any atom is -0.390 e. The van der Waals surface area contributed by atoms with E-state index < -0.39 is 17.3 Å². The standard InChI is InChI=1S/C20H33BrO3/c1-12(2)15-7-9-20(5,24)18(22)16(15)10-13(3)14-6-8-19(4,23)17(21)11-14/h14-18,22-24H,1,3,6-11H2,2,4-5H3/t14-,15-,16-,17-,18+,19+,20+/m0/s1. The van der Waals surface area contributed by atoms with Crippen molar-refractivity contribution in [2.75, 3.05) is 0 Å². The zero-order chi connectivity index (χ0) is 18.3. The Morgan fingerprint density at radius 1 is 1.12 bits per heavy atom. The highest BCUT2D eigenvalue weighted by atomic mass is 79.9. The molecule has 0 heterocycles. The van der Waals surface area contributed by atoms with E-state index in [1.165, 1.54) is 0 Å². The molecule has 24 heavy (non-hydrogen) atoms. The van der Waals surface area contributed by atoms with Crippen LogP contribution < -0.4 is 0 Å². The number of aliphatic hydroxyl groups is 3. The number of allylic oxidation sites excluding steroid dienone is 2. The molecule has 2 fully saturated rings. The molecule has 7 atom stereocenters. The van der Waals surface area contributed by atoms with Crippen LogP contribution in [0.3, 0.4) is 0 Å². The van der Waals surface area contributed by atoms with Crippen molar-refractivity contribution >= 4 is 15.9 Å². The Labute approximate surface area is 155 Å². The number of halogens is 1. The van der Waals surface area contributed by atoms with Gasteiger partial charge in [0.1, 0.15) is 0 Å². The van der Waals surface area contributed by atoms with Gasteiger partial charge in [-0.3, -0.25) is 0 Å². The van der Waals surface area contributed by atoms with Gasteiger partial charge in [0.05, 0.1) is 17.3 Å². The lowest BCUT2D eigenvalue weighted by atomic mass is 9.64. The number of alkyl halides is 1. The molecule has 0 bridgehead atoms. The molecule has 0 radical (unpaired) electrons. The van der Waals surface area contributed by atoms with Crippen LogP contribution in [-0.2, 0) is 0 Å². The van der Waals surface area contributed by atoms with E-state index in [0.29, 0.717) is 18.8 Å². The Kier molecular flexibility index (Phi) is 6.06. The maximum atomic E-state index is 10.7. The summed E-state index contributed by atoms with van der Waals surface area (Å²) < 4.78 is 0. The van der Waals surface area contributed by atoms with Gasteiger partial charge in [0.2, 0.25) is 0 Å². The van der Waals surface area contributed by atoms with Gasteiger partial charge in [0.25, 0.3) is 0 Å². The highest BCUT2D eigenvalue weighted by Crippen LogP contribution is 2.46. The van der Waals surface area contributed by atoms with Gasteiger partial charge in [0, 0.05) is 4.83 Å². The van der Waals surface area contributed by atoms with Crippen LogP contribution in [0.4, 0.5) is 0 Å². The summed E-state index contributed by atoms with van der Waals surface area (Å²) in [6, 6.07) is 0. The van der Waals surface area contributed by atoms with Crippen LogP contribution in [0.2, 0.25) is 0 Å². The minimum absolute atomic E-state index is 0.0324. The summed E-state index contributed by atoms with van der Waals surface area (Å²) in [6.07, 6.45) is 3.95. The Balaban J connectivity index is 2.09. The van der Waals surface area contributed by atoms with Crippen molar-refractivity contribution in [1.82, 2.24) is 0 Å². The molecule has 4 heteroatoms. The molecular formula is C20H33BrO3. The smallest absolute Gasteiger partial charge is 0.0880 e. The summed E-state index contributed by atoms with van der Waals surface area (Å²) >= 11 is 3.61. The zero-order valence-corrected chi connectivity index (χ0v) is 16.8. The third-order valence-electron chi connectivity index (χ3n) is 6.39. The molecule has 3 N–H and O–H groups in total. The molecule has 0 saturated heterocycles. The van der Waals surface area contributed by atoms with Gasteiger partial charge in [0.15, 0.2) is 0 Å². The summed E-state index contributed by atoms with van der Waals surface area (Å²) in [6.45, 7) is 14.0. The van der Waals surface area contributed by atoms with Crippen LogP contribution in [-0.4, -0.2) is 37.5 Å². The molecule has 2 aliphatic carbocycles. The van der Waals surface area contributed by atoms with Gasteiger partial charge < -0.3 is 15.3 Å². The van der Waals surface area contributed by atoms with Crippen LogP contribution >= 0.6 is 15.9 Å². The van der Waals surface area contributed by atoms with E-state index in [2.05, 4.69) is 29.1 Å². The van der Waals surface area contributed by atoms with E-state index in [1.807, 2.05) is 13.8 Å². The van der Waals surface area contributed by atoms with Crippen LogP contribution in [0, 0.1) is 17.8 Å². The third kappa shape index (κ3) is 4.14. The minimum atomic E-state index is -1.04.